The van der Waals surface area contributed by atoms with Crippen molar-refractivity contribution in [2.45, 2.75) is 58.5 Å². The van der Waals surface area contributed by atoms with Crippen molar-refractivity contribution < 1.29 is 18.7 Å². The van der Waals surface area contributed by atoms with Crippen LogP contribution >= 0.6 is 12.2 Å². The van der Waals surface area contributed by atoms with E-state index in [-0.39, 0.29) is 18.2 Å². The molecule has 1 aromatic heterocycles. The van der Waals surface area contributed by atoms with Crippen molar-refractivity contribution in [1.29, 1.82) is 0 Å². The summed E-state index contributed by atoms with van der Waals surface area (Å²) in [5, 5.41) is 3.50. The zero-order valence-electron chi connectivity index (χ0n) is 18.7. The van der Waals surface area contributed by atoms with Crippen molar-refractivity contribution in [3.05, 3.63) is 48.4 Å². The summed E-state index contributed by atoms with van der Waals surface area (Å²) in [5.41, 5.74) is 0.535. The predicted molar refractivity (Wildman–Crippen MR) is 128 cm³/mol. The van der Waals surface area contributed by atoms with Crippen molar-refractivity contribution in [1.82, 2.24) is 10.2 Å². The number of benzene rings is 1. The third-order valence-electron chi connectivity index (χ3n) is 5.36. The van der Waals surface area contributed by atoms with E-state index in [2.05, 4.69) is 12.2 Å². The number of thiocarbonyl (C=S) groups is 1. The van der Waals surface area contributed by atoms with Gasteiger partial charge in [-0.1, -0.05) is 26.2 Å². The summed E-state index contributed by atoms with van der Waals surface area (Å²) < 4.78 is 11.2. The van der Waals surface area contributed by atoms with Gasteiger partial charge in [-0.25, -0.2) is 4.90 Å². The summed E-state index contributed by atoms with van der Waals surface area (Å²) in [6, 6.07) is 10.0. The number of ether oxygens (including phenoxy) is 1. The van der Waals surface area contributed by atoms with Gasteiger partial charge in [0.2, 0.25) is 5.91 Å². The van der Waals surface area contributed by atoms with Gasteiger partial charge < -0.3 is 19.4 Å². The first-order chi connectivity index (χ1) is 15.5. The van der Waals surface area contributed by atoms with Crippen molar-refractivity contribution >= 4 is 34.8 Å². The second-order valence-corrected chi connectivity index (χ2v) is 8.12. The first-order valence-electron chi connectivity index (χ1n) is 11.2. The van der Waals surface area contributed by atoms with Gasteiger partial charge in [0.15, 0.2) is 5.11 Å². The largest absolute Gasteiger partial charge is 0.494 e. The molecule has 7 nitrogen and oxygen atoms in total. The molecule has 1 aromatic carbocycles. The quantitative estimate of drug-likeness (QED) is 0.307. The van der Waals surface area contributed by atoms with Crippen LogP contribution in [-0.4, -0.2) is 41.0 Å². The van der Waals surface area contributed by atoms with Crippen LogP contribution in [0.4, 0.5) is 5.69 Å². The number of anilines is 1. The molecule has 1 fully saturated rings. The summed E-state index contributed by atoms with van der Waals surface area (Å²) in [5.74, 6) is 0.852. The first kappa shape index (κ1) is 23.8. The Balaban J connectivity index is 1.69. The summed E-state index contributed by atoms with van der Waals surface area (Å²) >= 11 is 5.49. The van der Waals surface area contributed by atoms with Gasteiger partial charge in [0.1, 0.15) is 17.6 Å². The van der Waals surface area contributed by atoms with Gasteiger partial charge in [0.05, 0.1) is 31.5 Å². The zero-order chi connectivity index (χ0) is 22.9. The first-order valence-corrected chi connectivity index (χ1v) is 11.6. The number of nitrogens with one attached hydrogen (secondary N) is 1. The highest BCUT2D eigenvalue weighted by Gasteiger charge is 2.43. The average Bonchev–Trinajstić information content (AvgIpc) is 3.40. The Morgan fingerprint density at radius 2 is 1.97 bits per heavy atom. The molecule has 1 atom stereocenters. The smallest absolute Gasteiger partial charge is 0.257 e. The second kappa shape index (κ2) is 11.7. The molecule has 0 saturated carbocycles. The zero-order valence-corrected chi connectivity index (χ0v) is 19.5. The normalized spacial score (nSPS) is 15.8. The van der Waals surface area contributed by atoms with Crippen LogP contribution in [-0.2, 0) is 16.1 Å². The standard InChI is InChI=1S/C24H31N3O4S/c1-3-5-6-7-14-30-19-12-10-18(11-13-19)27-22(28)16-21(23(27)29)26(24(32)25-4-2)17-20-9-8-15-31-20/h8-13,15,21H,3-7,14,16-17H2,1-2H3,(H,25,32)/t21-/m0/s1. The Morgan fingerprint density at radius 1 is 1.19 bits per heavy atom. The molecule has 1 saturated heterocycles. The molecular weight excluding hydrogens is 426 g/mol. The van der Waals surface area contributed by atoms with E-state index < -0.39 is 6.04 Å². The van der Waals surface area contributed by atoms with Gasteiger partial charge in [-0.05, 0) is 62.0 Å². The number of furan rings is 1. The van der Waals surface area contributed by atoms with Gasteiger partial charge in [-0.3, -0.25) is 9.59 Å². The van der Waals surface area contributed by atoms with Crippen molar-refractivity contribution in [3.8, 4) is 5.75 Å². The molecule has 172 valence electrons. The van der Waals surface area contributed by atoms with Crippen LogP contribution in [0.1, 0.15) is 51.7 Å². The number of hydrogen-bond donors (Lipinski definition) is 1. The topological polar surface area (TPSA) is 75.0 Å². The molecule has 1 aliphatic heterocycles. The fourth-order valence-corrected chi connectivity index (χ4v) is 4.02. The lowest BCUT2D eigenvalue weighted by atomic mass is 10.2. The second-order valence-electron chi connectivity index (χ2n) is 7.73. The van der Waals surface area contributed by atoms with Crippen LogP contribution < -0.4 is 15.0 Å². The molecule has 0 aliphatic carbocycles. The maximum atomic E-state index is 13.3. The predicted octanol–water partition coefficient (Wildman–Crippen LogP) is 4.27. The summed E-state index contributed by atoms with van der Waals surface area (Å²) in [4.78, 5) is 29.0. The van der Waals surface area contributed by atoms with Crippen molar-refractivity contribution in [2.75, 3.05) is 18.1 Å². The molecule has 1 aliphatic rings. The molecule has 32 heavy (non-hydrogen) atoms. The van der Waals surface area contributed by atoms with Gasteiger partial charge in [0, 0.05) is 6.54 Å². The van der Waals surface area contributed by atoms with Gasteiger partial charge >= 0.3 is 0 Å². The summed E-state index contributed by atoms with van der Waals surface area (Å²) in [6.45, 7) is 5.69. The fourth-order valence-electron chi connectivity index (χ4n) is 3.69. The number of amides is 2. The van der Waals surface area contributed by atoms with E-state index >= 15 is 0 Å². The van der Waals surface area contributed by atoms with Crippen LogP contribution in [0, 0.1) is 0 Å². The Hall–Kier alpha value is -2.87. The third-order valence-corrected chi connectivity index (χ3v) is 5.73. The number of nitrogens with zero attached hydrogens (tertiary/aromatic N) is 2. The van der Waals surface area contributed by atoms with Gasteiger partial charge in [-0.15, -0.1) is 0 Å². The molecular formula is C24H31N3O4S. The van der Waals surface area contributed by atoms with Crippen LogP contribution in [0.3, 0.4) is 0 Å². The number of carbonyl (C=O) groups is 2. The minimum Gasteiger partial charge on any atom is -0.494 e. The van der Waals surface area contributed by atoms with Crippen molar-refractivity contribution in [2.24, 2.45) is 0 Å². The van der Waals surface area contributed by atoms with Gasteiger partial charge in [0.25, 0.3) is 5.91 Å². The van der Waals surface area contributed by atoms with E-state index in [0.717, 1.165) is 18.6 Å². The molecule has 2 heterocycles. The molecule has 0 bridgehead atoms. The van der Waals surface area contributed by atoms with Crippen molar-refractivity contribution in [3.63, 3.8) is 0 Å². The Labute approximate surface area is 194 Å². The van der Waals surface area contributed by atoms with Crippen LogP contribution in [0.2, 0.25) is 0 Å². The van der Waals surface area contributed by atoms with Crippen LogP contribution in [0.15, 0.2) is 47.1 Å². The Bertz CT molecular complexity index is 898. The fraction of sp³-hybridized carbons (Fsp3) is 0.458. The number of rotatable bonds is 11. The molecule has 0 radical (unpaired) electrons. The molecule has 3 rings (SSSR count). The third kappa shape index (κ3) is 5.88. The number of hydrogen-bond acceptors (Lipinski definition) is 5. The highest BCUT2D eigenvalue weighted by atomic mass is 32.1. The number of carbonyl (C=O) groups excluding carboxylic acids is 2. The lowest BCUT2D eigenvalue weighted by molar-refractivity contribution is -0.122. The van der Waals surface area contributed by atoms with E-state index in [9.17, 15) is 9.59 Å². The number of imide groups is 1. The summed E-state index contributed by atoms with van der Waals surface area (Å²) in [7, 11) is 0. The maximum Gasteiger partial charge on any atom is 0.257 e. The minimum absolute atomic E-state index is 0.0563. The highest BCUT2D eigenvalue weighted by Crippen LogP contribution is 2.28. The molecule has 1 N–H and O–H groups in total. The van der Waals surface area contributed by atoms with E-state index in [1.54, 1.807) is 41.5 Å². The van der Waals surface area contributed by atoms with Gasteiger partial charge in [-0.2, -0.15) is 0 Å². The number of unbranched alkanes of at least 4 members (excludes halogenated alkanes) is 3. The van der Waals surface area contributed by atoms with E-state index in [4.69, 9.17) is 21.4 Å². The molecule has 0 unspecified atom stereocenters. The Kier molecular flexibility index (Phi) is 8.67. The molecule has 0 spiro atoms. The molecule has 8 heteroatoms. The highest BCUT2D eigenvalue weighted by molar-refractivity contribution is 7.80. The van der Waals surface area contributed by atoms with Crippen LogP contribution in [0.5, 0.6) is 5.75 Å². The minimum atomic E-state index is -0.686. The lowest BCUT2D eigenvalue weighted by Crippen LogP contribution is -2.49. The maximum absolute atomic E-state index is 13.3. The average molecular weight is 458 g/mol. The van der Waals surface area contributed by atoms with E-state index in [1.165, 1.54) is 17.7 Å². The lowest BCUT2D eigenvalue weighted by Gasteiger charge is -2.29. The van der Waals surface area contributed by atoms with Crippen LogP contribution in [0.25, 0.3) is 0 Å². The summed E-state index contributed by atoms with van der Waals surface area (Å²) in [6.07, 6.45) is 6.18. The molecule has 2 amide bonds. The molecule has 2 aromatic rings. The SMILES string of the molecule is CCCCCCOc1ccc(N2C(=O)C[C@H](N(Cc3ccco3)C(=S)NCC)C2=O)cc1. The monoisotopic (exact) mass is 457 g/mol. The van der Waals surface area contributed by atoms with E-state index in [1.807, 2.05) is 13.0 Å². The van der Waals surface area contributed by atoms with E-state index in [0.29, 0.717) is 36.3 Å². The Morgan fingerprint density at radius 3 is 2.62 bits per heavy atom.